The standard InChI is InChI=1S/C8H11ClN2O2S/c1-11-5-2-7(10-11)6-8(3-4-8)14(9,12)13/h2,5H,3-4,6H2,1H3. The van der Waals surface area contributed by atoms with Crippen molar-refractivity contribution in [2.75, 3.05) is 0 Å². The smallest absolute Gasteiger partial charge is 0.238 e. The highest BCUT2D eigenvalue weighted by molar-refractivity contribution is 8.15. The molecule has 1 saturated carbocycles. The zero-order valence-electron chi connectivity index (χ0n) is 7.77. The van der Waals surface area contributed by atoms with Crippen LogP contribution in [0.4, 0.5) is 0 Å². The van der Waals surface area contributed by atoms with Gasteiger partial charge in [0.25, 0.3) is 0 Å². The average molecular weight is 235 g/mol. The van der Waals surface area contributed by atoms with Gasteiger partial charge in [-0.1, -0.05) is 0 Å². The first-order valence-electron chi connectivity index (χ1n) is 4.36. The molecule has 0 amide bonds. The van der Waals surface area contributed by atoms with E-state index in [2.05, 4.69) is 5.10 Å². The van der Waals surface area contributed by atoms with Crippen molar-refractivity contribution in [3.8, 4) is 0 Å². The van der Waals surface area contributed by atoms with Gasteiger partial charge in [-0.05, 0) is 18.9 Å². The van der Waals surface area contributed by atoms with Crippen LogP contribution >= 0.6 is 10.7 Å². The number of nitrogens with zero attached hydrogens (tertiary/aromatic N) is 2. The molecule has 1 aromatic rings. The normalized spacial score (nSPS) is 19.6. The van der Waals surface area contributed by atoms with E-state index in [0.717, 1.165) is 5.69 Å². The summed E-state index contributed by atoms with van der Waals surface area (Å²) in [6.45, 7) is 0. The monoisotopic (exact) mass is 234 g/mol. The Bertz CT molecular complexity index is 448. The molecule has 1 fully saturated rings. The van der Waals surface area contributed by atoms with Gasteiger partial charge in [-0.3, -0.25) is 4.68 Å². The van der Waals surface area contributed by atoms with Crippen molar-refractivity contribution >= 4 is 19.7 Å². The summed E-state index contributed by atoms with van der Waals surface area (Å²) in [6.07, 6.45) is 3.52. The molecule has 0 aliphatic heterocycles. The Balaban J connectivity index is 2.20. The fourth-order valence-corrected chi connectivity index (χ4v) is 3.07. The Kier molecular flexibility index (Phi) is 2.12. The zero-order chi connectivity index (χ0) is 10.4. The largest absolute Gasteiger partial charge is 0.276 e. The van der Waals surface area contributed by atoms with Crippen LogP contribution in [-0.4, -0.2) is 22.9 Å². The molecule has 0 N–H and O–H groups in total. The van der Waals surface area contributed by atoms with E-state index >= 15 is 0 Å². The molecule has 14 heavy (non-hydrogen) atoms. The van der Waals surface area contributed by atoms with Gasteiger partial charge in [-0.2, -0.15) is 5.10 Å². The molecular formula is C8H11ClN2O2S. The van der Waals surface area contributed by atoms with Gasteiger partial charge in [0.2, 0.25) is 9.05 Å². The molecule has 0 saturated heterocycles. The van der Waals surface area contributed by atoms with Gasteiger partial charge in [0.05, 0.1) is 10.4 Å². The lowest BCUT2D eigenvalue weighted by Gasteiger charge is -2.08. The second-order valence-corrected chi connectivity index (χ2v) is 6.74. The van der Waals surface area contributed by atoms with Gasteiger partial charge in [0.1, 0.15) is 0 Å². The summed E-state index contributed by atoms with van der Waals surface area (Å²) in [7, 11) is 3.73. The molecule has 0 bridgehead atoms. The van der Waals surface area contributed by atoms with Gasteiger partial charge in [-0.25, -0.2) is 8.42 Å². The van der Waals surface area contributed by atoms with E-state index in [-0.39, 0.29) is 0 Å². The molecule has 1 aliphatic carbocycles. The Labute approximate surface area is 87.3 Å². The van der Waals surface area contributed by atoms with Crippen molar-refractivity contribution in [3.63, 3.8) is 0 Å². The van der Waals surface area contributed by atoms with Crippen LogP contribution < -0.4 is 0 Å². The minimum absolute atomic E-state index is 0.430. The molecule has 1 aromatic heterocycles. The minimum atomic E-state index is -3.46. The van der Waals surface area contributed by atoms with Crippen LogP contribution in [0.15, 0.2) is 12.3 Å². The van der Waals surface area contributed by atoms with Crippen LogP contribution in [0.1, 0.15) is 18.5 Å². The third-order valence-electron chi connectivity index (χ3n) is 2.60. The quantitative estimate of drug-likeness (QED) is 0.735. The lowest BCUT2D eigenvalue weighted by Crippen LogP contribution is -2.21. The molecule has 0 radical (unpaired) electrons. The number of hydrogen-bond donors (Lipinski definition) is 0. The van der Waals surface area contributed by atoms with Gasteiger partial charge in [0.15, 0.2) is 0 Å². The number of aryl methyl sites for hydroxylation is 1. The summed E-state index contributed by atoms with van der Waals surface area (Å²) in [5.41, 5.74) is 0.786. The number of halogens is 1. The van der Waals surface area contributed by atoms with Gasteiger partial charge >= 0.3 is 0 Å². The van der Waals surface area contributed by atoms with Crippen LogP contribution in [0.2, 0.25) is 0 Å². The summed E-state index contributed by atoms with van der Waals surface area (Å²) < 4.78 is 23.4. The lowest BCUT2D eigenvalue weighted by atomic mass is 10.2. The van der Waals surface area contributed by atoms with E-state index < -0.39 is 13.8 Å². The predicted octanol–water partition coefficient (Wildman–Crippen LogP) is 1.06. The van der Waals surface area contributed by atoms with E-state index in [1.54, 1.807) is 17.9 Å². The van der Waals surface area contributed by atoms with Crippen molar-refractivity contribution in [2.45, 2.75) is 24.0 Å². The molecule has 4 nitrogen and oxygen atoms in total. The van der Waals surface area contributed by atoms with Crippen molar-refractivity contribution < 1.29 is 8.42 Å². The van der Waals surface area contributed by atoms with Crippen molar-refractivity contribution in [1.82, 2.24) is 9.78 Å². The maximum atomic E-state index is 11.3. The molecule has 2 rings (SSSR count). The van der Waals surface area contributed by atoms with Crippen molar-refractivity contribution in [1.29, 1.82) is 0 Å². The first-order chi connectivity index (χ1) is 6.43. The maximum absolute atomic E-state index is 11.3. The Hall–Kier alpha value is -0.550. The summed E-state index contributed by atoms with van der Waals surface area (Å²) >= 11 is 0. The predicted molar refractivity (Wildman–Crippen MR) is 53.6 cm³/mol. The van der Waals surface area contributed by atoms with E-state index in [4.69, 9.17) is 10.7 Å². The summed E-state index contributed by atoms with van der Waals surface area (Å²) in [5, 5.41) is 4.14. The Morgan fingerprint density at radius 3 is 2.64 bits per heavy atom. The first-order valence-corrected chi connectivity index (χ1v) is 6.67. The highest BCUT2D eigenvalue weighted by atomic mass is 35.7. The van der Waals surface area contributed by atoms with Gasteiger partial charge in [0, 0.05) is 30.3 Å². The Morgan fingerprint density at radius 2 is 2.29 bits per heavy atom. The highest BCUT2D eigenvalue weighted by Crippen LogP contribution is 2.47. The van der Waals surface area contributed by atoms with E-state index in [0.29, 0.717) is 19.3 Å². The molecule has 1 aliphatic rings. The fourth-order valence-electron chi connectivity index (χ4n) is 1.53. The van der Waals surface area contributed by atoms with Crippen molar-refractivity contribution in [3.05, 3.63) is 18.0 Å². The average Bonchev–Trinajstić information content (AvgIpc) is 2.71. The summed E-state index contributed by atoms with van der Waals surface area (Å²) in [5.74, 6) is 0. The minimum Gasteiger partial charge on any atom is -0.276 e. The SMILES string of the molecule is Cn1ccc(CC2(S(=O)(=O)Cl)CC2)n1. The summed E-state index contributed by atoms with van der Waals surface area (Å²) in [4.78, 5) is 0. The molecular weight excluding hydrogens is 224 g/mol. The van der Waals surface area contributed by atoms with Gasteiger partial charge < -0.3 is 0 Å². The molecule has 0 aromatic carbocycles. The van der Waals surface area contributed by atoms with Crippen LogP contribution in [0.3, 0.4) is 0 Å². The summed E-state index contributed by atoms with van der Waals surface area (Å²) in [6, 6.07) is 1.82. The topological polar surface area (TPSA) is 52.0 Å². The molecule has 6 heteroatoms. The number of rotatable bonds is 3. The zero-order valence-corrected chi connectivity index (χ0v) is 9.35. The first kappa shape index (κ1) is 9.98. The second-order valence-electron chi connectivity index (χ2n) is 3.78. The van der Waals surface area contributed by atoms with Gasteiger partial charge in [-0.15, -0.1) is 0 Å². The molecule has 0 unspecified atom stereocenters. The highest BCUT2D eigenvalue weighted by Gasteiger charge is 2.54. The van der Waals surface area contributed by atoms with Crippen LogP contribution in [-0.2, 0) is 22.5 Å². The van der Waals surface area contributed by atoms with E-state index in [1.807, 2.05) is 6.07 Å². The van der Waals surface area contributed by atoms with Crippen LogP contribution in [0.5, 0.6) is 0 Å². The third kappa shape index (κ3) is 1.66. The third-order valence-corrected chi connectivity index (χ3v) is 5.17. The van der Waals surface area contributed by atoms with E-state index in [9.17, 15) is 8.42 Å². The van der Waals surface area contributed by atoms with Crippen LogP contribution in [0.25, 0.3) is 0 Å². The number of aromatic nitrogens is 2. The molecule has 0 spiro atoms. The fraction of sp³-hybridized carbons (Fsp3) is 0.625. The van der Waals surface area contributed by atoms with Crippen LogP contribution in [0, 0.1) is 0 Å². The maximum Gasteiger partial charge on any atom is 0.238 e. The second kappa shape index (κ2) is 2.97. The molecule has 0 atom stereocenters. The number of hydrogen-bond acceptors (Lipinski definition) is 3. The molecule has 78 valence electrons. The Morgan fingerprint density at radius 1 is 1.64 bits per heavy atom. The lowest BCUT2D eigenvalue weighted by molar-refractivity contribution is 0.587. The molecule has 1 heterocycles. The van der Waals surface area contributed by atoms with E-state index in [1.165, 1.54) is 0 Å². The van der Waals surface area contributed by atoms with Crippen molar-refractivity contribution in [2.24, 2.45) is 7.05 Å².